The van der Waals surface area contributed by atoms with Crippen LogP contribution in [0.3, 0.4) is 0 Å². The van der Waals surface area contributed by atoms with Crippen LogP contribution in [0.2, 0.25) is 0 Å². The zero-order chi connectivity index (χ0) is 22.7. The number of amides is 2. The number of anilines is 1. The quantitative estimate of drug-likeness (QED) is 0.435. The van der Waals surface area contributed by atoms with E-state index in [1.165, 1.54) is 24.3 Å². The fourth-order valence-corrected chi connectivity index (χ4v) is 3.54. The zero-order valence-corrected chi connectivity index (χ0v) is 16.9. The van der Waals surface area contributed by atoms with Gasteiger partial charge in [0.15, 0.2) is 0 Å². The Morgan fingerprint density at radius 2 is 1.56 bits per heavy atom. The van der Waals surface area contributed by atoms with E-state index in [4.69, 9.17) is 5.73 Å². The molecule has 160 valence electrons. The lowest BCUT2D eigenvalue weighted by molar-refractivity contribution is -0.119. The number of nitrogens with two attached hydrogens (primary N) is 1. The molecule has 0 saturated carbocycles. The number of nitrogens with one attached hydrogen (secondary N) is 2. The van der Waals surface area contributed by atoms with Gasteiger partial charge in [-0.1, -0.05) is 42.5 Å². The second-order valence-corrected chi connectivity index (χ2v) is 7.29. The molecule has 0 aliphatic carbocycles. The number of para-hydroxylation sites is 1. The first-order valence-electron chi connectivity index (χ1n) is 9.92. The summed E-state index contributed by atoms with van der Waals surface area (Å²) in [6.45, 7) is 0. The number of fused-ring (bicyclic) bond motifs is 1. The summed E-state index contributed by atoms with van der Waals surface area (Å²) in [5.74, 6) is -1.12. The highest BCUT2D eigenvalue weighted by atomic mass is 16.2. The van der Waals surface area contributed by atoms with Gasteiger partial charge in [0.05, 0.1) is 10.9 Å². The van der Waals surface area contributed by atoms with Crippen LogP contribution < -0.4 is 22.3 Å². The average Bonchev–Trinajstić information content (AvgIpc) is 2.79. The van der Waals surface area contributed by atoms with Gasteiger partial charge in [-0.2, -0.15) is 0 Å². The van der Waals surface area contributed by atoms with E-state index in [1.807, 2.05) is 30.3 Å². The Kier molecular flexibility index (Phi) is 5.67. The highest BCUT2D eigenvalue weighted by molar-refractivity contribution is 5.96. The van der Waals surface area contributed by atoms with E-state index in [0.717, 1.165) is 10.1 Å². The van der Waals surface area contributed by atoms with Gasteiger partial charge in [-0.25, -0.2) is 9.36 Å². The summed E-state index contributed by atoms with van der Waals surface area (Å²) < 4.78 is 0.947. The van der Waals surface area contributed by atoms with Crippen LogP contribution in [0, 0.1) is 0 Å². The van der Waals surface area contributed by atoms with Crippen LogP contribution in [-0.4, -0.2) is 21.4 Å². The standard InChI is InChI=1S/C24H20N4O4/c25-21(29)16-10-12-17(13-11-16)26-22(30)20(14-15-6-2-1-3-7-15)28-23(31)18-8-4-5-9-19(18)27-24(28)32/h1-13,20H,14H2,(H2,25,29)(H,26,30)(H,27,32). The van der Waals surface area contributed by atoms with E-state index < -0.39 is 29.1 Å². The largest absolute Gasteiger partial charge is 0.366 e. The van der Waals surface area contributed by atoms with E-state index in [0.29, 0.717) is 22.2 Å². The molecule has 0 fully saturated rings. The predicted molar refractivity (Wildman–Crippen MR) is 122 cm³/mol. The van der Waals surface area contributed by atoms with E-state index in [2.05, 4.69) is 10.3 Å². The Labute approximate surface area is 182 Å². The van der Waals surface area contributed by atoms with Gasteiger partial charge in [0.2, 0.25) is 11.8 Å². The molecule has 8 heteroatoms. The third-order valence-corrected chi connectivity index (χ3v) is 5.16. The van der Waals surface area contributed by atoms with Crippen LogP contribution in [0.25, 0.3) is 10.9 Å². The molecule has 0 spiro atoms. The minimum Gasteiger partial charge on any atom is -0.366 e. The maximum Gasteiger partial charge on any atom is 0.329 e. The summed E-state index contributed by atoms with van der Waals surface area (Å²) in [7, 11) is 0. The van der Waals surface area contributed by atoms with Crippen LogP contribution in [0.1, 0.15) is 22.0 Å². The summed E-state index contributed by atoms with van der Waals surface area (Å²) in [6, 6.07) is 20.7. The molecule has 32 heavy (non-hydrogen) atoms. The molecule has 0 saturated heterocycles. The maximum absolute atomic E-state index is 13.3. The molecule has 1 heterocycles. The topological polar surface area (TPSA) is 127 Å². The number of primary amides is 1. The lowest BCUT2D eigenvalue weighted by atomic mass is 10.0. The molecule has 0 aliphatic heterocycles. The predicted octanol–water partition coefficient (Wildman–Crippen LogP) is 2.21. The molecule has 4 aromatic rings. The van der Waals surface area contributed by atoms with Crippen molar-refractivity contribution in [2.75, 3.05) is 5.32 Å². The molecule has 4 rings (SSSR count). The third kappa shape index (κ3) is 4.20. The number of nitrogens with zero attached hydrogens (tertiary/aromatic N) is 1. The molecule has 0 radical (unpaired) electrons. The first-order chi connectivity index (χ1) is 15.4. The monoisotopic (exact) mass is 428 g/mol. The number of aromatic amines is 1. The van der Waals surface area contributed by atoms with Gasteiger partial charge in [0.1, 0.15) is 6.04 Å². The second-order valence-electron chi connectivity index (χ2n) is 7.29. The minimum atomic E-state index is -1.10. The van der Waals surface area contributed by atoms with Crippen LogP contribution in [-0.2, 0) is 11.2 Å². The molecule has 2 amide bonds. The lowest BCUT2D eigenvalue weighted by Crippen LogP contribution is -2.43. The van der Waals surface area contributed by atoms with Gasteiger partial charge < -0.3 is 16.0 Å². The van der Waals surface area contributed by atoms with Gasteiger partial charge in [0.25, 0.3) is 5.56 Å². The van der Waals surface area contributed by atoms with Crippen molar-refractivity contribution >= 4 is 28.4 Å². The maximum atomic E-state index is 13.3. The molecule has 1 atom stereocenters. The zero-order valence-electron chi connectivity index (χ0n) is 16.9. The van der Waals surface area contributed by atoms with Gasteiger partial charge >= 0.3 is 5.69 Å². The highest BCUT2D eigenvalue weighted by Crippen LogP contribution is 2.17. The smallest absolute Gasteiger partial charge is 0.329 e. The Hall–Kier alpha value is -4.46. The van der Waals surface area contributed by atoms with E-state index in [9.17, 15) is 19.2 Å². The number of H-pyrrole nitrogens is 1. The molecule has 8 nitrogen and oxygen atoms in total. The Morgan fingerprint density at radius 1 is 0.906 bits per heavy atom. The molecule has 3 aromatic carbocycles. The number of rotatable bonds is 6. The van der Waals surface area contributed by atoms with E-state index in [-0.39, 0.29) is 6.42 Å². The van der Waals surface area contributed by atoms with Crippen molar-refractivity contribution in [2.24, 2.45) is 5.73 Å². The SMILES string of the molecule is NC(=O)c1ccc(NC(=O)C(Cc2ccccc2)n2c(=O)[nH]c3ccccc3c2=O)cc1. The molecule has 4 N–H and O–H groups in total. The highest BCUT2D eigenvalue weighted by Gasteiger charge is 2.25. The van der Waals surface area contributed by atoms with Gasteiger partial charge in [-0.15, -0.1) is 0 Å². The second kappa shape index (κ2) is 8.73. The molecule has 1 aromatic heterocycles. The summed E-state index contributed by atoms with van der Waals surface area (Å²) in [5, 5.41) is 3.03. The molecular weight excluding hydrogens is 408 g/mol. The number of carbonyl (C=O) groups is 2. The van der Waals surface area contributed by atoms with E-state index >= 15 is 0 Å². The normalized spacial score (nSPS) is 11.8. The van der Waals surface area contributed by atoms with Crippen molar-refractivity contribution in [1.82, 2.24) is 9.55 Å². The molecule has 1 unspecified atom stereocenters. The number of hydrogen-bond donors (Lipinski definition) is 3. The lowest BCUT2D eigenvalue weighted by Gasteiger charge is -2.19. The van der Waals surface area contributed by atoms with Crippen LogP contribution in [0.15, 0.2) is 88.5 Å². The Bertz CT molecular complexity index is 1410. The fourth-order valence-electron chi connectivity index (χ4n) is 3.54. The molecular formula is C24H20N4O4. The summed E-state index contributed by atoms with van der Waals surface area (Å²) in [5.41, 5.74) is 5.92. The summed E-state index contributed by atoms with van der Waals surface area (Å²) in [6.07, 6.45) is 0.132. The molecule has 0 aliphatic rings. The van der Waals surface area contributed by atoms with Crippen LogP contribution in [0.4, 0.5) is 5.69 Å². The average molecular weight is 428 g/mol. The minimum absolute atomic E-state index is 0.132. The number of aromatic nitrogens is 2. The first-order valence-corrected chi connectivity index (χ1v) is 9.92. The van der Waals surface area contributed by atoms with Crippen molar-refractivity contribution in [3.05, 3.63) is 111 Å². The van der Waals surface area contributed by atoms with Crippen LogP contribution in [0.5, 0.6) is 0 Å². The Balaban J connectivity index is 1.76. The van der Waals surface area contributed by atoms with Gasteiger partial charge in [-0.05, 0) is 42.0 Å². The Morgan fingerprint density at radius 3 is 2.25 bits per heavy atom. The van der Waals surface area contributed by atoms with Crippen LogP contribution >= 0.6 is 0 Å². The van der Waals surface area contributed by atoms with Gasteiger partial charge in [0, 0.05) is 17.7 Å². The van der Waals surface area contributed by atoms with Gasteiger partial charge in [-0.3, -0.25) is 14.4 Å². The number of hydrogen-bond acceptors (Lipinski definition) is 4. The number of carbonyl (C=O) groups excluding carboxylic acids is 2. The summed E-state index contributed by atoms with van der Waals surface area (Å²) in [4.78, 5) is 53.2. The fraction of sp³-hybridized carbons (Fsp3) is 0.0833. The van der Waals surface area contributed by atoms with Crippen molar-refractivity contribution in [3.63, 3.8) is 0 Å². The van der Waals surface area contributed by atoms with Crippen molar-refractivity contribution < 1.29 is 9.59 Å². The van der Waals surface area contributed by atoms with Crippen molar-refractivity contribution in [2.45, 2.75) is 12.5 Å². The van der Waals surface area contributed by atoms with E-state index in [1.54, 1.807) is 24.3 Å². The number of benzene rings is 3. The van der Waals surface area contributed by atoms with Crippen molar-refractivity contribution in [3.8, 4) is 0 Å². The third-order valence-electron chi connectivity index (χ3n) is 5.16. The summed E-state index contributed by atoms with van der Waals surface area (Å²) >= 11 is 0. The van der Waals surface area contributed by atoms with Crippen molar-refractivity contribution in [1.29, 1.82) is 0 Å². The first kappa shape index (κ1) is 20.8. The molecule has 0 bridgehead atoms.